The summed E-state index contributed by atoms with van der Waals surface area (Å²) in [7, 11) is 0. The number of rotatable bonds is 3. The number of nitrogens with zero attached hydrogens (tertiary/aromatic N) is 1. The summed E-state index contributed by atoms with van der Waals surface area (Å²) < 4.78 is 46.6. The predicted molar refractivity (Wildman–Crippen MR) is 150 cm³/mol. The van der Waals surface area contributed by atoms with Crippen molar-refractivity contribution in [3.63, 3.8) is 0 Å². The second kappa shape index (κ2) is 10.8. The molecule has 1 spiro atoms. The van der Waals surface area contributed by atoms with Gasteiger partial charge in [0.15, 0.2) is 0 Å². The van der Waals surface area contributed by atoms with Crippen LogP contribution in [0, 0.1) is 17.3 Å². The summed E-state index contributed by atoms with van der Waals surface area (Å²) in [5, 5.41) is 11.4. The largest absolute Gasteiger partial charge is 0.416 e. The number of fused-ring (bicyclic) bond motifs is 4. The molecule has 3 nitrogen and oxygen atoms in total. The molecule has 4 atom stereocenters. The first-order valence-electron chi connectivity index (χ1n) is 14.7. The van der Waals surface area contributed by atoms with E-state index in [0.717, 1.165) is 71.8 Å². The molecule has 1 aliphatic heterocycles. The fourth-order valence-corrected chi connectivity index (χ4v) is 6.60. The van der Waals surface area contributed by atoms with E-state index in [4.69, 9.17) is 9.72 Å². The van der Waals surface area contributed by atoms with Crippen molar-refractivity contribution in [1.29, 1.82) is 0 Å². The summed E-state index contributed by atoms with van der Waals surface area (Å²) in [5.74, 6) is 1.25. The van der Waals surface area contributed by atoms with Crippen LogP contribution in [0.1, 0.15) is 145 Å². The summed E-state index contributed by atoms with van der Waals surface area (Å²) in [4.78, 5) is 5.12. The van der Waals surface area contributed by atoms with Crippen molar-refractivity contribution in [2.45, 2.75) is 124 Å². The first kappa shape index (κ1) is 30.0. The standard InChI is InChI=1S/C28H34F3NO2.C5H12/c1-15(2)24-22-23(21-19(32-24)13-26(4,5)14-20(21)33)27(12-6-7-16(27)3)34-25(22)17-8-10-18(11-9-17)28(29,30)31;1-4-5(2)3/h8-11,15-16,20,25,33H,6-7,12-14H2,1-5H3;5H,4H2,1-3H3. The van der Waals surface area contributed by atoms with Crippen molar-refractivity contribution < 1.29 is 23.0 Å². The molecule has 6 heteroatoms. The summed E-state index contributed by atoms with van der Waals surface area (Å²) >= 11 is 0. The molecule has 0 amide bonds. The summed E-state index contributed by atoms with van der Waals surface area (Å²) in [5.41, 5.74) is 4.33. The maximum absolute atomic E-state index is 13.2. The van der Waals surface area contributed by atoms with Crippen molar-refractivity contribution in [1.82, 2.24) is 4.98 Å². The van der Waals surface area contributed by atoms with Gasteiger partial charge in [-0.1, -0.05) is 73.9 Å². The van der Waals surface area contributed by atoms with Crippen molar-refractivity contribution in [3.8, 4) is 0 Å². The Balaban J connectivity index is 0.000000648. The Morgan fingerprint density at radius 2 is 1.69 bits per heavy atom. The smallest absolute Gasteiger partial charge is 0.388 e. The van der Waals surface area contributed by atoms with Crippen molar-refractivity contribution in [3.05, 3.63) is 63.5 Å². The van der Waals surface area contributed by atoms with E-state index in [-0.39, 0.29) is 17.3 Å². The van der Waals surface area contributed by atoms with E-state index in [1.807, 2.05) is 0 Å². The molecule has 2 aromatic rings. The van der Waals surface area contributed by atoms with E-state index in [1.165, 1.54) is 6.42 Å². The molecule has 5 rings (SSSR count). The zero-order valence-corrected chi connectivity index (χ0v) is 24.9. The fourth-order valence-electron chi connectivity index (χ4n) is 6.60. The van der Waals surface area contributed by atoms with Gasteiger partial charge in [-0.15, -0.1) is 0 Å². The van der Waals surface area contributed by atoms with Crippen molar-refractivity contribution in [2.24, 2.45) is 17.3 Å². The molecular formula is C33H46F3NO2. The van der Waals surface area contributed by atoms with Crippen molar-refractivity contribution >= 4 is 0 Å². The quantitative estimate of drug-likeness (QED) is 0.418. The van der Waals surface area contributed by atoms with Gasteiger partial charge in [-0.25, -0.2) is 0 Å². The van der Waals surface area contributed by atoms with Gasteiger partial charge in [0.1, 0.15) is 6.10 Å². The maximum Gasteiger partial charge on any atom is 0.416 e. The average Bonchev–Trinajstić information content (AvgIpc) is 3.38. The maximum atomic E-state index is 13.2. The van der Waals surface area contributed by atoms with Crippen LogP contribution in [0.2, 0.25) is 0 Å². The van der Waals surface area contributed by atoms with Gasteiger partial charge in [0, 0.05) is 22.5 Å². The highest BCUT2D eigenvalue weighted by Crippen LogP contribution is 2.61. The second-order valence-corrected chi connectivity index (χ2v) is 13.5. The fraction of sp³-hybridized carbons (Fsp3) is 0.667. The van der Waals surface area contributed by atoms with E-state index >= 15 is 0 Å². The van der Waals surface area contributed by atoms with Crippen LogP contribution in [-0.4, -0.2) is 10.1 Å². The lowest BCUT2D eigenvalue weighted by Crippen LogP contribution is -2.34. The Bertz CT molecular complexity index is 1170. The molecular weight excluding hydrogens is 499 g/mol. The number of halogens is 3. The number of pyridine rings is 1. The molecule has 216 valence electrons. The normalized spacial score (nSPS) is 27.5. The van der Waals surface area contributed by atoms with Crippen LogP contribution in [0.15, 0.2) is 24.3 Å². The van der Waals surface area contributed by atoms with Gasteiger partial charge in [-0.2, -0.15) is 13.2 Å². The number of aromatic nitrogens is 1. The Labute approximate surface area is 232 Å². The lowest BCUT2D eigenvalue weighted by molar-refractivity contribution is -0.137. The minimum atomic E-state index is -4.38. The SMILES string of the molecule is CC(C)c1nc2c(c3c1C(c1ccc(C(F)(F)F)cc1)OC31CCCC1C)C(O)CC(C)(C)C2.CCC(C)C. The van der Waals surface area contributed by atoms with E-state index in [9.17, 15) is 18.3 Å². The number of aliphatic hydroxyl groups excluding tert-OH is 1. The third-order valence-corrected chi connectivity index (χ3v) is 9.01. The summed E-state index contributed by atoms with van der Waals surface area (Å²) in [6, 6.07) is 5.36. The molecule has 0 radical (unpaired) electrons. The zero-order chi connectivity index (χ0) is 28.9. The molecule has 1 fully saturated rings. The van der Waals surface area contributed by atoms with E-state index < -0.39 is 29.5 Å². The minimum Gasteiger partial charge on any atom is -0.388 e. The lowest BCUT2D eigenvalue weighted by Gasteiger charge is -2.39. The Kier molecular flexibility index (Phi) is 8.33. The monoisotopic (exact) mass is 545 g/mol. The number of alkyl halides is 3. The van der Waals surface area contributed by atoms with Crippen LogP contribution in [0.4, 0.5) is 13.2 Å². The molecule has 1 aromatic carbocycles. The molecule has 0 saturated heterocycles. The van der Waals surface area contributed by atoms with E-state index in [2.05, 4.69) is 55.4 Å². The molecule has 39 heavy (non-hydrogen) atoms. The molecule has 1 N–H and O–H groups in total. The molecule has 2 heterocycles. The van der Waals surface area contributed by atoms with Gasteiger partial charge in [-0.3, -0.25) is 4.98 Å². The highest BCUT2D eigenvalue weighted by molar-refractivity contribution is 5.55. The van der Waals surface area contributed by atoms with Gasteiger partial charge in [0.05, 0.1) is 17.3 Å². The number of aliphatic hydroxyl groups is 1. The number of hydrogen-bond acceptors (Lipinski definition) is 3. The molecule has 1 saturated carbocycles. The second-order valence-electron chi connectivity index (χ2n) is 13.5. The van der Waals surface area contributed by atoms with Crippen molar-refractivity contribution in [2.75, 3.05) is 0 Å². The molecule has 2 aliphatic carbocycles. The van der Waals surface area contributed by atoms with Gasteiger partial charge in [-0.05, 0) is 78.5 Å². The highest BCUT2D eigenvalue weighted by atomic mass is 19.4. The third kappa shape index (κ3) is 5.66. The predicted octanol–water partition coefficient (Wildman–Crippen LogP) is 9.42. The number of benzene rings is 1. The van der Waals surface area contributed by atoms with E-state index in [0.29, 0.717) is 12.0 Å². The van der Waals surface area contributed by atoms with Crippen LogP contribution < -0.4 is 0 Å². The molecule has 1 aromatic heterocycles. The van der Waals surface area contributed by atoms with Gasteiger partial charge in [0.2, 0.25) is 0 Å². The minimum absolute atomic E-state index is 0.0529. The van der Waals surface area contributed by atoms with Crippen LogP contribution in [0.25, 0.3) is 0 Å². The zero-order valence-electron chi connectivity index (χ0n) is 24.9. The van der Waals surface area contributed by atoms with Gasteiger partial charge < -0.3 is 9.84 Å². The first-order valence-corrected chi connectivity index (χ1v) is 14.7. The topological polar surface area (TPSA) is 42.4 Å². The molecule has 3 aliphatic rings. The number of hydrogen-bond donors (Lipinski definition) is 1. The summed E-state index contributed by atoms with van der Waals surface area (Å²) in [6.07, 6.45) is 0.157. The lowest BCUT2D eigenvalue weighted by atomic mass is 9.69. The first-order chi connectivity index (χ1) is 18.1. The summed E-state index contributed by atoms with van der Waals surface area (Å²) in [6.45, 7) is 17.4. The third-order valence-electron chi connectivity index (χ3n) is 9.01. The number of ether oxygens (including phenoxy) is 1. The van der Waals surface area contributed by atoms with Gasteiger partial charge >= 0.3 is 6.18 Å². The Morgan fingerprint density at radius 1 is 1.08 bits per heavy atom. The molecule has 0 bridgehead atoms. The van der Waals surface area contributed by atoms with Crippen LogP contribution in [0.5, 0.6) is 0 Å². The van der Waals surface area contributed by atoms with Crippen LogP contribution in [0.3, 0.4) is 0 Å². The van der Waals surface area contributed by atoms with Gasteiger partial charge in [0.25, 0.3) is 0 Å². The van der Waals surface area contributed by atoms with E-state index in [1.54, 1.807) is 12.1 Å². The Hall–Kier alpha value is -1.92. The van der Waals surface area contributed by atoms with Crippen LogP contribution in [-0.2, 0) is 22.9 Å². The molecule has 4 unspecified atom stereocenters. The highest BCUT2D eigenvalue weighted by Gasteiger charge is 2.55. The average molecular weight is 546 g/mol. The van der Waals surface area contributed by atoms with Crippen LogP contribution >= 0.6 is 0 Å². The Morgan fingerprint density at radius 3 is 2.18 bits per heavy atom.